The fourth-order valence-electron chi connectivity index (χ4n) is 1.41. The van der Waals surface area contributed by atoms with Crippen molar-refractivity contribution in [1.82, 2.24) is 14.5 Å². The maximum atomic E-state index is 10.4. The van der Waals surface area contributed by atoms with E-state index in [0.717, 1.165) is 17.3 Å². The smallest absolute Gasteiger partial charge is 0.328 e. The van der Waals surface area contributed by atoms with E-state index in [0.29, 0.717) is 5.52 Å². The van der Waals surface area contributed by atoms with Crippen LogP contribution < -0.4 is 0 Å². The lowest BCUT2D eigenvalue weighted by molar-refractivity contribution is -0.131. The molecule has 0 saturated heterocycles. The molecule has 0 saturated carbocycles. The van der Waals surface area contributed by atoms with Gasteiger partial charge in [0.15, 0.2) is 5.65 Å². The Bertz CT molecular complexity index is 543. The van der Waals surface area contributed by atoms with Crippen molar-refractivity contribution in [3.8, 4) is 0 Å². The van der Waals surface area contributed by atoms with Gasteiger partial charge < -0.3 is 9.67 Å². The molecule has 2 aromatic heterocycles. The van der Waals surface area contributed by atoms with E-state index in [-0.39, 0.29) is 0 Å². The number of carboxylic acid groups (broad SMARTS) is 1. The van der Waals surface area contributed by atoms with Crippen LogP contribution >= 0.6 is 0 Å². The van der Waals surface area contributed by atoms with Crippen molar-refractivity contribution in [2.75, 3.05) is 0 Å². The largest absolute Gasteiger partial charge is 0.478 e. The summed E-state index contributed by atoms with van der Waals surface area (Å²) in [6.45, 7) is 0. The van der Waals surface area contributed by atoms with Crippen molar-refractivity contribution < 1.29 is 9.90 Å². The summed E-state index contributed by atoms with van der Waals surface area (Å²) >= 11 is 0. The normalized spacial score (nSPS) is 11.3. The van der Waals surface area contributed by atoms with E-state index in [1.54, 1.807) is 18.6 Å². The van der Waals surface area contributed by atoms with E-state index in [9.17, 15) is 4.79 Å². The Morgan fingerprint density at radius 1 is 1.47 bits per heavy atom. The molecule has 0 atom stereocenters. The number of fused-ring (bicyclic) bond motifs is 1. The number of nitrogens with zero attached hydrogens (tertiary/aromatic N) is 3. The lowest BCUT2D eigenvalue weighted by atomic mass is 10.3. The molecule has 15 heavy (non-hydrogen) atoms. The first kappa shape index (κ1) is 9.39. The highest BCUT2D eigenvalue weighted by Crippen LogP contribution is 2.16. The van der Waals surface area contributed by atoms with Crippen LogP contribution in [0.15, 0.2) is 24.7 Å². The van der Waals surface area contributed by atoms with Crippen LogP contribution in [0.25, 0.3) is 17.2 Å². The first-order valence-electron chi connectivity index (χ1n) is 4.35. The molecule has 2 aromatic rings. The van der Waals surface area contributed by atoms with Crippen LogP contribution in [0.1, 0.15) is 5.56 Å². The number of rotatable bonds is 2. The van der Waals surface area contributed by atoms with Gasteiger partial charge in [-0.3, -0.25) is 4.98 Å². The molecule has 76 valence electrons. The van der Waals surface area contributed by atoms with Crippen molar-refractivity contribution in [2.45, 2.75) is 0 Å². The van der Waals surface area contributed by atoms with Crippen LogP contribution in [-0.4, -0.2) is 25.6 Å². The van der Waals surface area contributed by atoms with Gasteiger partial charge in [0.2, 0.25) is 0 Å². The first-order chi connectivity index (χ1) is 7.18. The highest BCUT2D eigenvalue weighted by molar-refractivity contribution is 5.90. The molecule has 0 spiro atoms. The second-order valence-corrected chi connectivity index (χ2v) is 3.10. The molecular weight excluding hydrogens is 194 g/mol. The number of carboxylic acids is 1. The summed E-state index contributed by atoms with van der Waals surface area (Å²) in [7, 11) is 1.84. The number of aliphatic carboxylic acids is 1. The summed E-state index contributed by atoms with van der Waals surface area (Å²) < 4.78 is 1.81. The van der Waals surface area contributed by atoms with Gasteiger partial charge >= 0.3 is 5.97 Å². The fraction of sp³-hybridized carbons (Fsp3) is 0.100. The van der Waals surface area contributed by atoms with E-state index < -0.39 is 5.97 Å². The third-order valence-electron chi connectivity index (χ3n) is 2.02. The van der Waals surface area contributed by atoms with Crippen LogP contribution in [0.2, 0.25) is 0 Å². The Labute approximate surface area is 85.7 Å². The lowest BCUT2D eigenvalue weighted by Crippen LogP contribution is -1.87. The van der Waals surface area contributed by atoms with Crippen molar-refractivity contribution in [3.63, 3.8) is 0 Å². The second kappa shape index (κ2) is 3.53. The number of aromatic nitrogens is 3. The van der Waals surface area contributed by atoms with Crippen LogP contribution in [0.3, 0.4) is 0 Å². The molecule has 0 radical (unpaired) electrons. The van der Waals surface area contributed by atoms with Gasteiger partial charge in [-0.2, -0.15) is 0 Å². The van der Waals surface area contributed by atoms with Gasteiger partial charge in [0.05, 0.1) is 0 Å². The molecule has 0 bridgehead atoms. The summed E-state index contributed by atoms with van der Waals surface area (Å²) in [5.41, 5.74) is 2.20. The molecule has 0 aliphatic heterocycles. The Balaban J connectivity index is 2.57. The van der Waals surface area contributed by atoms with E-state index in [1.165, 1.54) is 6.08 Å². The van der Waals surface area contributed by atoms with Gasteiger partial charge in [0.1, 0.15) is 5.52 Å². The minimum Gasteiger partial charge on any atom is -0.478 e. The molecule has 0 amide bonds. The van der Waals surface area contributed by atoms with Crippen molar-refractivity contribution in [3.05, 3.63) is 30.2 Å². The molecule has 0 unspecified atom stereocenters. The first-order valence-corrected chi connectivity index (χ1v) is 4.35. The quantitative estimate of drug-likeness (QED) is 0.741. The van der Waals surface area contributed by atoms with Crippen LogP contribution in [0.5, 0.6) is 0 Å². The maximum absolute atomic E-state index is 10.4. The zero-order valence-electron chi connectivity index (χ0n) is 8.08. The van der Waals surface area contributed by atoms with Gasteiger partial charge in [0.25, 0.3) is 0 Å². The summed E-state index contributed by atoms with van der Waals surface area (Å²) in [5, 5.41) is 8.52. The number of hydrogen-bond acceptors (Lipinski definition) is 3. The molecule has 0 aromatic carbocycles. The monoisotopic (exact) mass is 203 g/mol. The van der Waals surface area contributed by atoms with E-state index >= 15 is 0 Å². The lowest BCUT2D eigenvalue weighted by Gasteiger charge is -1.90. The van der Waals surface area contributed by atoms with Gasteiger partial charge in [-0.25, -0.2) is 9.78 Å². The highest BCUT2D eigenvalue weighted by Gasteiger charge is 2.05. The predicted octanol–water partition coefficient (Wildman–Crippen LogP) is 1.07. The van der Waals surface area contributed by atoms with Crippen LogP contribution in [0, 0.1) is 0 Å². The number of hydrogen-bond donors (Lipinski definition) is 1. The van der Waals surface area contributed by atoms with Crippen molar-refractivity contribution >= 4 is 23.2 Å². The molecule has 0 fully saturated rings. The molecule has 2 heterocycles. The molecule has 0 aliphatic rings. The van der Waals surface area contributed by atoms with Gasteiger partial charge in [0, 0.05) is 37.3 Å². The van der Waals surface area contributed by atoms with Gasteiger partial charge in [-0.15, -0.1) is 0 Å². The Morgan fingerprint density at radius 2 is 2.20 bits per heavy atom. The zero-order valence-corrected chi connectivity index (χ0v) is 8.08. The topological polar surface area (TPSA) is 68.0 Å². The molecule has 5 nitrogen and oxygen atoms in total. The fourth-order valence-corrected chi connectivity index (χ4v) is 1.41. The van der Waals surface area contributed by atoms with Gasteiger partial charge in [-0.1, -0.05) is 0 Å². The Hall–Kier alpha value is -2.17. The third-order valence-corrected chi connectivity index (χ3v) is 2.02. The molecule has 2 rings (SSSR count). The van der Waals surface area contributed by atoms with Crippen molar-refractivity contribution in [2.24, 2.45) is 7.05 Å². The summed E-state index contributed by atoms with van der Waals surface area (Å²) in [4.78, 5) is 18.7. The maximum Gasteiger partial charge on any atom is 0.328 e. The average molecular weight is 203 g/mol. The van der Waals surface area contributed by atoms with E-state index in [2.05, 4.69) is 9.97 Å². The zero-order chi connectivity index (χ0) is 10.8. The number of carbonyl (C=O) groups is 1. The summed E-state index contributed by atoms with van der Waals surface area (Å²) in [6.07, 6.45) is 7.58. The molecular formula is C10H9N3O2. The summed E-state index contributed by atoms with van der Waals surface area (Å²) in [6, 6.07) is 0. The summed E-state index contributed by atoms with van der Waals surface area (Å²) in [5.74, 6) is -0.976. The standard InChI is InChI=1S/C10H9N3O2/c1-13-6-7(2-3-8(14)15)9-10(13)12-5-4-11-9/h2-6H,1H3,(H,14,15)/b3-2-. The van der Waals surface area contributed by atoms with Crippen molar-refractivity contribution in [1.29, 1.82) is 0 Å². The molecule has 0 aliphatic carbocycles. The molecule has 1 N–H and O–H groups in total. The molecule has 5 heteroatoms. The van der Waals surface area contributed by atoms with Crippen LogP contribution in [0.4, 0.5) is 0 Å². The third kappa shape index (κ3) is 1.71. The van der Waals surface area contributed by atoms with E-state index in [1.807, 2.05) is 11.6 Å². The minimum atomic E-state index is -0.976. The SMILES string of the molecule is Cn1cc(/C=C\C(=O)O)c2nccnc21. The van der Waals surface area contributed by atoms with E-state index in [4.69, 9.17) is 5.11 Å². The predicted molar refractivity (Wildman–Crippen MR) is 55.2 cm³/mol. The minimum absolute atomic E-state index is 0.706. The Morgan fingerprint density at radius 3 is 2.93 bits per heavy atom. The number of aryl methyl sites for hydroxylation is 1. The Kier molecular flexibility index (Phi) is 2.21. The second-order valence-electron chi connectivity index (χ2n) is 3.10. The highest BCUT2D eigenvalue weighted by atomic mass is 16.4. The van der Waals surface area contributed by atoms with Gasteiger partial charge in [-0.05, 0) is 6.08 Å². The average Bonchev–Trinajstić information content (AvgIpc) is 2.54. The van der Waals surface area contributed by atoms with Crippen LogP contribution in [-0.2, 0) is 11.8 Å².